The quantitative estimate of drug-likeness (QED) is 0.237. The summed E-state index contributed by atoms with van der Waals surface area (Å²) in [4.78, 5) is 7.91. The lowest BCUT2D eigenvalue weighted by Gasteiger charge is -2.42. The summed E-state index contributed by atoms with van der Waals surface area (Å²) in [6.45, 7) is 13.6. The maximum absolute atomic E-state index is 12.9. The summed E-state index contributed by atoms with van der Waals surface area (Å²) in [5.74, 6) is 0.815. The van der Waals surface area contributed by atoms with Gasteiger partial charge in [0, 0.05) is 30.6 Å². The zero-order valence-corrected chi connectivity index (χ0v) is 24.5. The second-order valence-electron chi connectivity index (χ2n) is 11.6. The van der Waals surface area contributed by atoms with Crippen molar-refractivity contribution in [2.45, 2.75) is 82.8 Å². The van der Waals surface area contributed by atoms with Gasteiger partial charge in [-0.25, -0.2) is 4.98 Å². The van der Waals surface area contributed by atoms with Crippen molar-refractivity contribution in [2.75, 3.05) is 0 Å². The summed E-state index contributed by atoms with van der Waals surface area (Å²) in [5, 5.41) is 4.26. The average molecular weight is 557 g/mol. The molecule has 5 nitrogen and oxygen atoms in total. The molecule has 0 saturated heterocycles. The van der Waals surface area contributed by atoms with Crippen molar-refractivity contribution in [1.29, 1.82) is 0 Å². The van der Waals surface area contributed by atoms with E-state index in [0.29, 0.717) is 29.5 Å². The molecule has 4 rings (SSSR count). The zero-order valence-electron chi connectivity index (χ0n) is 23.5. The maximum atomic E-state index is 12.9. The van der Waals surface area contributed by atoms with Crippen LogP contribution in [0.4, 0.5) is 13.2 Å². The summed E-state index contributed by atoms with van der Waals surface area (Å²) in [6.07, 6.45) is 6.18. The van der Waals surface area contributed by atoms with E-state index in [4.69, 9.17) is 10.2 Å². The van der Waals surface area contributed by atoms with Crippen molar-refractivity contribution in [3.8, 4) is 5.75 Å². The molecule has 1 aromatic carbocycles. The zero-order chi connectivity index (χ0) is 28.6. The first-order chi connectivity index (χ1) is 18.2. The van der Waals surface area contributed by atoms with Gasteiger partial charge in [-0.1, -0.05) is 59.8 Å². The SMILES string of the molecule is CC(C)[Si](Oc1cnc2[nH]cc(CC3=CNC(N)(Cc4ccc(C(F)(F)F)cc4)C=C3)c2c1)(C(C)C)C(C)C. The molecule has 0 aliphatic carbocycles. The lowest BCUT2D eigenvalue weighted by Crippen LogP contribution is -2.52. The fourth-order valence-corrected chi connectivity index (χ4v) is 11.2. The lowest BCUT2D eigenvalue weighted by molar-refractivity contribution is -0.137. The molecule has 3 heterocycles. The number of H-pyrrole nitrogens is 1. The number of benzene rings is 1. The minimum Gasteiger partial charge on any atom is -0.542 e. The van der Waals surface area contributed by atoms with E-state index in [0.717, 1.165) is 45.6 Å². The van der Waals surface area contributed by atoms with E-state index >= 15 is 0 Å². The second kappa shape index (κ2) is 10.8. The van der Waals surface area contributed by atoms with Crippen LogP contribution >= 0.6 is 0 Å². The molecule has 39 heavy (non-hydrogen) atoms. The number of rotatable bonds is 9. The number of aromatic nitrogens is 2. The van der Waals surface area contributed by atoms with Crippen molar-refractivity contribution in [3.63, 3.8) is 0 Å². The van der Waals surface area contributed by atoms with Crippen molar-refractivity contribution in [3.05, 3.63) is 83.3 Å². The van der Waals surface area contributed by atoms with Gasteiger partial charge in [0.1, 0.15) is 17.1 Å². The molecule has 210 valence electrons. The lowest BCUT2D eigenvalue weighted by atomic mass is 9.94. The van der Waals surface area contributed by atoms with Gasteiger partial charge in [0.15, 0.2) is 0 Å². The van der Waals surface area contributed by atoms with Crippen molar-refractivity contribution in [2.24, 2.45) is 5.73 Å². The van der Waals surface area contributed by atoms with Gasteiger partial charge >= 0.3 is 6.18 Å². The second-order valence-corrected chi connectivity index (χ2v) is 17.0. The number of fused-ring (bicyclic) bond motifs is 1. The van der Waals surface area contributed by atoms with Crippen LogP contribution in [0.1, 0.15) is 58.2 Å². The van der Waals surface area contributed by atoms with Gasteiger partial charge in [-0.3, -0.25) is 0 Å². The maximum Gasteiger partial charge on any atom is 0.416 e. The summed E-state index contributed by atoms with van der Waals surface area (Å²) in [6, 6.07) is 7.22. The molecule has 0 bridgehead atoms. The summed E-state index contributed by atoms with van der Waals surface area (Å²) in [5.41, 5.74) is 9.99. The standard InChI is InChI=1S/C30H39F3N4OSi/c1-19(2)39(20(3)4,21(5)6)38-26-14-27-24(17-35-28(27)36-18-26)13-23-11-12-29(34,37-16-23)15-22-7-9-25(10-8-22)30(31,32)33/h7-12,14,16-21,37H,13,15,34H2,1-6H3,(H,35,36). The predicted octanol–water partition coefficient (Wildman–Crippen LogP) is 7.62. The van der Waals surface area contributed by atoms with Gasteiger partial charge in [0.25, 0.3) is 8.32 Å². The van der Waals surface area contributed by atoms with Crippen LogP contribution in [0.25, 0.3) is 11.0 Å². The molecule has 0 spiro atoms. The molecule has 0 saturated carbocycles. The van der Waals surface area contributed by atoms with E-state index in [1.807, 2.05) is 30.7 Å². The van der Waals surface area contributed by atoms with Crippen LogP contribution in [0.15, 0.2) is 66.7 Å². The number of hydrogen-bond acceptors (Lipinski definition) is 4. The Balaban J connectivity index is 1.49. The largest absolute Gasteiger partial charge is 0.542 e. The van der Waals surface area contributed by atoms with Crippen LogP contribution in [-0.2, 0) is 19.0 Å². The van der Waals surface area contributed by atoms with E-state index in [9.17, 15) is 13.2 Å². The first-order valence-electron chi connectivity index (χ1n) is 13.5. The molecule has 1 aliphatic heterocycles. The monoisotopic (exact) mass is 556 g/mol. The number of pyridine rings is 1. The van der Waals surface area contributed by atoms with Crippen LogP contribution in [0.5, 0.6) is 5.75 Å². The summed E-state index contributed by atoms with van der Waals surface area (Å²) >= 11 is 0. The van der Waals surface area contributed by atoms with E-state index < -0.39 is 25.7 Å². The molecule has 0 fully saturated rings. The van der Waals surface area contributed by atoms with Gasteiger partial charge in [-0.15, -0.1) is 0 Å². The Kier molecular flexibility index (Phi) is 8.05. The third-order valence-electron chi connectivity index (χ3n) is 7.89. The number of alkyl halides is 3. The van der Waals surface area contributed by atoms with Crippen LogP contribution in [0, 0.1) is 0 Å². The topological polar surface area (TPSA) is 76.0 Å². The number of allylic oxidation sites excluding steroid dienone is 2. The number of halogens is 3. The van der Waals surface area contributed by atoms with Gasteiger partial charge in [-0.05, 0) is 57.6 Å². The molecule has 3 aromatic rings. The minimum atomic E-state index is -4.35. The fourth-order valence-electron chi connectivity index (χ4n) is 5.97. The average Bonchev–Trinajstić information content (AvgIpc) is 3.25. The highest BCUT2D eigenvalue weighted by Gasteiger charge is 2.47. The molecule has 1 aliphatic rings. The first-order valence-corrected chi connectivity index (χ1v) is 15.6. The Hall–Kier alpha value is -3.04. The molecule has 0 amide bonds. The molecular formula is C30H39F3N4OSi. The Morgan fingerprint density at radius 1 is 1.03 bits per heavy atom. The van der Waals surface area contributed by atoms with Gasteiger partial charge in [0.2, 0.25) is 0 Å². The Bertz CT molecular complexity index is 1340. The third kappa shape index (κ3) is 6.09. The van der Waals surface area contributed by atoms with Crippen molar-refractivity contribution in [1.82, 2.24) is 15.3 Å². The highest BCUT2D eigenvalue weighted by atomic mass is 28.4. The first kappa shape index (κ1) is 29.0. The molecule has 0 radical (unpaired) electrons. The van der Waals surface area contributed by atoms with Crippen LogP contribution < -0.4 is 15.5 Å². The normalized spacial score (nSPS) is 18.2. The Morgan fingerprint density at radius 3 is 2.21 bits per heavy atom. The molecule has 1 unspecified atom stereocenters. The highest BCUT2D eigenvalue weighted by Crippen LogP contribution is 2.43. The van der Waals surface area contributed by atoms with Crippen LogP contribution in [0.3, 0.4) is 0 Å². The van der Waals surface area contributed by atoms with E-state index in [1.54, 1.807) is 0 Å². The number of nitrogens with two attached hydrogens (primary N) is 1. The molecule has 2 aromatic heterocycles. The number of nitrogens with zero attached hydrogens (tertiary/aromatic N) is 1. The molecule has 4 N–H and O–H groups in total. The smallest absolute Gasteiger partial charge is 0.416 e. The van der Waals surface area contributed by atoms with Gasteiger partial charge in [-0.2, -0.15) is 13.2 Å². The van der Waals surface area contributed by atoms with E-state index in [1.165, 1.54) is 12.1 Å². The fraction of sp³-hybridized carbons (Fsp3) is 0.433. The summed E-state index contributed by atoms with van der Waals surface area (Å²) < 4.78 is 45.5. The minimum absolute atomic E-state index is 0.357. The Labute approximate surface area is 229 Å². The van der Waals surface area contributed by atoms with Crippen molar-refractivity contribution >= 4 is 19.4 Å². The van der Waals surface area contributed by atoms with E-state index in [2.05, 4.69) is 62.9 Å². The van der Waals surface area contributed by atoms with E-state index in [-0.39, 0.29) is 0 Å². The number of nitrogens with one attached hydrogen (secondary N) is 2. The highest BCUT2D eigenvalue weighted by molar-refractivity contribution is 6.78. The number of aromatic amines is 1. The molecule has 1 atom stereocenters. The number of hydrogen-bond donors (Lipinski definition) is 3. The van der Waals surface area contributed by atoms with Gasteiger partial charge in [0.05, 0.1) is 11.8 Å². The van der Waals surface area contributed by atoms with Gasteiger partial charge < -0.3 is 20.5 Å². The predicted molar refractivity (Wildman–Crippen MR) is 154 cm³/mol. The van der Waals surface area contributed by atoms with Crippen LogP contribution in [-0.4, -0.2) is 23.9 Å². The third-order valence-corrected chi connectivity index (χ3v) is 13.9. The van der Waals surface area contributed by atoms with Crippen LogP contribution in [0.2, 0.25) is 16.6 Å². The summed E-state index contributed by atoms with van der Waals surface area (Å²) in [7, 11) is -2.11. The molecule has 9 heteroatoms. The Morgan fingerprint density at radius 2 is 1.67 bits per heavy atom. The number of dihydropyridines is 1. The van der Waals surface area contributed by atoms with Crippen molar-refractivity contribution < 1.29 is 17.6 Å². The molecular weight excluding hydrogens is 517 g/mol.